The van der Waals surface area contributed by atoms with E-state index in [1.54, 1.807) is 6.92 Å². The van der Waals surface area contributed by atoms with Gasteiger partial charge in [-0.05, 0) is 25.8 Å². The van der Waals surface area contributed by atoms with Crippen LogP contribution in [0.4, 0.5) is 30.5 Å². The third kappa shape index (κ3) is 4.78. The summed E-state index contributed by atoms with van der Waals surface area (Å²) in [5.41, 5.74) is -0.465. The molecule has 4 N–H and O–H groups in total. The summed E-state index contributed by atoms with van der Waals surface area (Å²) in [4.78, 5) is 29.1. The zero-order chi connectivity index (χ0) is 28.7. The molecule has 0 bridgehead atoms. The van der Waals surface area contributed by atoms with Gasteiger partial charge in [-0.2, -0.15) is 18.3 Å². The quantitative estimate of drug-likeness (QED) is 0.366. The molecule has 4 rings (SSSR count). The van der Waals surface area contributed by atoms with E-state index in [-0.39, 0.29) is 45.8 Å². The summed E-state index contributed by atoms with van der Waals surface area (Å²) in [5.74, 6) is -1.75. The fraction of sp³-hybridized carbons (Fsp3) is 0.391. The third-order valence-electron chi connectivity index (χ3n) is 5.72. The van der Waals surface area contributed by atoms with Crippen LogP contribution in [0.2, 0.25) is 0 Å². The van der Waals surface area contributed by atoms with Crippen LogP contribution in [0.3, 0.4) is 0 Å². The van der Waals surface area contributed by atoms with Crippen LogP contribution in [0.15, 0.2) is 24.4 Å². The molecule has 0 radical (unpaired) electrons. The van der Waals surface area contributed by atoms with E-state index in [0.29, 0.717) is 12.1 Å². The first kappa shape index (κ1) is 21.4. The van der Waals surface area contributed by atoms with E-state index < -0.39 is 30.7 Å². The van der Waals surface area contributed by atoms with Crippen molar-refractivity contribution in [3.63, 3.8) is 0 Å². The van der Waals surface area contributed by atoms with Crippen molar-refractivity contribution in [2.75, 3.05) is 24.7 Å². The number of carbonyl (C=O) groups is 2. The summed E-state index contributed by atoms with van der Waals surface area (Å²) in [6, 6.07) is 3.72. The molecule has 1 aliphatic carbocycles. The second-order valence-corrected chi connectivity index (χ2v) is 8.15. The summed E-state index contributed by atoms with van der Waals surface area (Å²) < 4.78 is 69.0. The highest BCUT2D eigenvalue weighted by molar-refractivity contribution is 6.04. The number of anilines is 3. The van der Waals surface area contributed by atoms with Crippen LogP contribution in [0.25, 0.3) is 10.9 Å². The van der Waals surface area contributed by atoms with E-state index >= 15 is 0 Å². The van der Waals surface area contributed by atoms with E-state index in [1.807, 2.05) is 5.32 Å². The van der Waals surface area contributed by atoms with Crippen molar-refractivity contribution in [3.05, 3.63) is 35.5 Å². The number of fused-ring (bicyclic) bond motifs is 1. The Bertz CT molecular complexity index is 1420. The zero-order valence-electron chi connectivity index (χ0n) is 22.2. The number of aromatic nitrogens is 3. The Morgan fingerprint density at radius 1 is 1.36 bits per heavy atom. The maximum atomic E-state index is 13.4. The largest absolute Gasteiger partial charge is 0.496 e. The molecule has 1 saturated carbocycles. The van der Waals surface area contributed by atoms with Crippen LogP contribution in [0.5, 0.6) is 5.75 Å². The molecule has 1 aromatic carbocycles. The van der Waals surface area contributed by atoms with Gasteiger partial charge in [-0.15, -0.1) is 0 Å². The second-order valence-electron chi connectivity index (χ2n) is 8.15. The number of methoxy groups -OCH3 is 1. The number of rotatable bonds is 8. The molecule has 13 heteroatoms. The van der Waals surface area contributed by atoms with Crippen molar-refractivity contribution in [2.45, 2.75) is 38.6 Å². The lowest BCUT2D eigenvalue weighted by atomic mass is 10.0. The zero-order valence-corrected chi connectivity index (χ0v) is 19.2. The highest BCUT2D eigenvalue weighted by Crippen LogP contribution is 2.43. The first-order chi connectivity index (χ1) is 18.2. The normalized spacial score (nSPS) is 16.0. The summed E-state index contributed by atoms with van der Waals surface area (Å²) >= 11 is 0. The lowest BCUT2D eigenvalue weighted by molar-refractivity contribution is -0.207. The molecule has 2 aromatic heterocycles. The molecule has 1 atom stereocenters. The molecule has 36 heavy (non-hydrogen) atoms. The van der Waals surface area contributed by atoms with E-state index in [2.05, 4.69) is 20.7 Å². The van der Waals surface area contributed by atoms with Crippen LogP contribution < -0.4 is 20.7 Å². The van der Waals surface area contributed by atoms with Crippen LogP contribution in [0, 0.1) is 5.92 Å². The average Bonchev–Trinajstić information content (AvgIpc) is 3.64. The van der Waals surface area contributed by atoms with Crippen molar-refractivity contribution in [2.24, 2.45) is 5.92 Å². The van der Waals surface area contributed by atoms with Gasteiger partial charge in [0.05, 0.1) is 29.3 Å². The SMILES string of the molecule is [2H]C([2H])([2H])NC(=O)c1cnc(NC(=O)C2CC2)cc1Nc1nn(CC)c2ccc([C@H](O)C(F)(F)F)c(OC)c12. The van der Waals surface area contributed by atoms with E-state index in [0.717, 1.165) is 32.2 Å². The first-order valence-electron chi connectivity index (χ1n) is 12.5. The van der Waals surface area contributed by atoms with Crippen molar-refractivity contribution in [1.29, 1.82) is 0 Å². The molecule has 3 aromatic rings. The van der Waals surface area contributed by atoms with E-state index in [1.165, 1.54) is 16.8 Å². The number of pyridine rings is 1. The van der Waals surface area contributed by atoms with E-state index in [4.69, 9.17) is 8.85 Å². The maximum absolute atomic E-state index is 13.4. The molecule has 2 heterocycles. The van der Waals surface area contributed by atoms with Gasteiger partial charge in [0, 0.05) is 41.4 Å². The van der Waals surface area contributed by atoms with Gasteiger partial charge in [0.1, 0.15) is 11.6 Å². The van der Waals surface area contributed by atoms with Crippen molar-refractivity contribution >= 4 is 40.0 Å². The van der Waals surface area contributed by atoms with Gasteiger partial charge in [-0.25, -0.2) is 4.98 Å². The molecule has 0 aliphatic heterocycles. The molecule has 10 nitrogen and oxygen atoms in total. The Labute approximate surface area is 208 Å². The molecule has 2 amide bonds. The number of nitrogens with one attached hydrogen (secondary N) is 3. The minimum atomic E-state index is -4.98. The van der Waals surface area contributed by atoms with Gasteiger partial charge >= 0.3 is 6.18 Å². The number of halogens is 3. The van der Waals surface area contributed by atoms with Crippen molar-refractivity contribution in [3.8, 4) is 5.75 Å². The smallest absolute Gasteiger partial charge is 0.418 e. The number of aliphatic hydroxyl groups excluding tert-OH is 1. The monoisotopic (exact) mass is 509 g/mol. The fourth-order valence-electron chi connectivity index (χ4n) is 3.77. The molecule has 1 aliphatic rings. The highest BCUT2D eigenvalue weighted by Gasteiger charge is 2.41. The minimum Gasteiger partial charge on any atom is -0.496 e. The summed E-state index contributed by atoms with van der Waals surface area (Å²) in [6.07, 6.45) is -5.32. The Morgan fingerprint density at radius 2 is 2.11 bits per heavy atom. The van der Waals surface area contributed by atoms with Gasteiger partial charge in [0.2, 0.25) is 5.91 Å². The Hall–Kier alpha value is -3.87. The predicted octanol–water partition coefficient (Wildman–Crippen LogP) is 3.51. The Morgan fingerprint density at radius 3 is 2.72 bits per heavy atom. The number of hydrogen-bond acceptors (Lipinski definition) is 7. The number of amides is 2. The number of carbonyl (C=O) groups excluding carboxylic acids is 2. The number of aliphatic hydroxyl groups is 1. The van der Waals surface area contributed by atoms with Gasteiger partial charge in [-0.3, -0.25) is 14.3 Å². The van der Waals surface area contributed by atoms with Gasteiger partial charge < -0.3 is 25.8 Å². The summed E-state index contributed by atoms with van der Waals surface area (Å²) in [6.45, 7) is -0.780. The van der Waals surface area contributed by atoms with Gasteiger partial charge in [0.25, 0.3) is 5.91 Å². The van der Waals surface area contributed by atoms with E-state index in [9.17, 15) is 27.9 Å². The van der Waals surface area contributed by atoms with Crippen LogP contribution in [-0.2, 0) is 11.3 Å². The molecular weight excluding hydrogens is 481 g/mol. The maximum Gasteiger partial charge on any atom is 0.418 e. The highest BCUT2D eigenvalue weighted by atomic mass is 19.4. The van der Waals surface area contributed by atoms with Crippen molar-refractivity contribution in [1.82, 2.24) is 20.1 Å². The number of hydrogen-bond donors (Lipinski definition) is 4. The fourth-order valence-corrected chi connectivity index (χ4v) is 3.77. The second kappa shape index (κ2) is 9.64. The minimum absolute atomic E-state index is 0.0377. The van der Waals surface area contributed by atoms with Crippen molar-refractivity contribution < 1.29 is 36.7 Å². The number of alkyl halides is 3. The summed E-state index contributed by atoms with van der Waals surface area (Å²) in [5, 5.41) is 21.8. The first-order valence-corrected chi connectivity index (χ1v) is 11.0. The van der Waals surface area contributed by atoms with Crippen LogP contribution in [-0.4, -0.2) is 51.9 Å². The lowest BCUT2D eigenvalue weighted by Crippen LogP contribution is -2.21. The molecule has 0 spiro atoms. The Kier molecular flexibility index (Phi) is 5.74. The van der Waals surface area contributed by atoms with Gasteiger partial charge in [-0.1, -0.05) is 6.07 Å². The standard InChI is InChI=1S/C23H25F3N6O4/c1-4-32-15-8-7-12(19(33)23(24,25)26)18(36-3)17(15)20(31-32)29-14-9-16(30-21(34)11-5-6-11)28-10-13(14)22(35)27-2/h7-11,19,33H,4-6H2,1-3H3,(H,27,35)(H2,28,29,30,31,34)/t19-/m0/s1/i2D3. The third-order valence-corrected chi connectivity index (χ3v) is 5.72. The summed E-state index contributed by atoms with van der Waals surface area (Å²) in [7, 11) is 1.14. The molecular formula is C23H25F3N6O4. The molecule has 0 saturated heterocycles. The number of aryl methyl sites for hydroxylation is 1. The lowest BCUT2D eigenvalue weighted by Gasteiger charge is -2.19. The Balaban J connectivity index is 1.85. The topological polar surface area (TPSA) is 130 Å². The van der Waals surface area contributed by atoms with Crippen LogP contribution >= 0.6 is 0 Å². The average molecular weight is 510 g/mol. The van der Waals surface area contributed by atoms with Gasteiger partial charge in [0.15, 0.2) is 11.9 Å². The number of benzene rings is 1. The molecule has 192 valence electrons. The number of nitrogens with zero attached hydrogens (tertiary/aromatic N) is 3. The number of ether oxygens (including phenoxy) is 1. The molecule has 1 fully saturated rings. The predicted molar refractivity (Wildman–Crippen MR) is 125 cm³/mol. The van der Waals surface area contributed by atoms with Crippen LogP contribution in [0.1, 0.15) is 45.9 Å². The molecule has 0 unspecified atom stereocenters.